The number of carbonyl (C=O) groups excluding carboxylic acids is 1. The number of hydrogen-bond donors (Lipinski definition) is 0. The first-order valence-electron chi connectivity index (χ1n) is 4.82. The standard InChI is InChI=1S/C10H10ClN3OS/c1-3-8-12-6(2)4-14(8)10-13-9(11)7(5-15)16-10/h4-5H,3H2,1-2H3. The number of imidazole rings is 1. The maximum absolute atomic E-state index is 10.7. The molecule has 0 saturated carbocycles. The quantitative estimate of drug-likeness (QED) is 0.793. The van der Waals surface area contributed by atoms with Crippen LogP contribution in [0.3, 0.4) is 0 Å². The van der Waals surface area contributed by atoms with Crippen LogP contribution in [0.25, 0.3) is 5.13 Å². The first-order valence-corrected chi connectivity index (χ1v) is 6.02. The lowest BCUT2D eigenvalue weighted by Gasteiger charge is -1.99. The molecule has 0 aliphatic carbocycles. The summed E-state index contributed by atoms with van der Waals surface area (Å²) in [6, 6.07) is 0. The maximum Gasteiger partial charge on any atom is 0.197 e. The molecular formula is C10H10ClN3OS. The van der Waals surface area contributed by atoms with E-state index in [2.05, 4.69) is 9.97 Å². The van der Waals surface area contributed by atoms with Crippen LogP contribution in [0.15, 0.2) is 6.20 Å². The van der Waals surface area contributed by atoms with Crippen molar-refractivity contribution in [3.63, 3.8) is 0 Å². The topological polar surface area (TPSA) is 47.8 Å². The van der Waals surface area contributed by atoms with Crippen molar-refractivity contribution in [3.05, 3.63) is 27.7 Å². The Morgan fingerprint density at radius 3 is 2.88 bits per heavy atom. The minimum absolute atomic E-state index is 0.253. The third kappa shape index (κ3) is 1.88. The largest absolute Gasteiger partial charge is 0.297 e. The zero-order valence-electron chi connectivity index (χ0n) is 8.90. The molecule has 2 aromatic heterocycles. The summed E-state index contributed by atoms with van der Waals surface area (Å²) >= 11 is 7.10. The summed E-state index contributed by atoms with van der Waals surface area (Å²) in [6.45, 7) is 3.94. The van der Waals surface area contributed by atoms with Crippen molar-refractivity contribution in [2.45, 2.75) is 20.3 Å². The molecule has 4 nitrogen and oxygen atoms in total. The van der Waals surface area contributed by atoms with E-state index >= 15 is 0 Å². The van der Waals surface area contributed by atoms with E-state index in [1.165, 1.54) is 11.3 Å². The van der Waals surface area contributed by atoms with Crippen molar-refractivity contribution in [1.82, 2.24) is 14.5 Å². The molecule has 0 atom stereocenters. The summed E-state index contributed by atoms with van der Waals surface area (Å²) in [6.07, 6.45) is 3.42. The van der Waals surface area contributed by atoms with Gasteiger partial charge in [-0.2, -0.15) is 0 Å². The van der Waals surface area contributed by atoms with Gasteiger partial charge < -0.3 is 0 Å². The van der Waals surface area contributed by atoms with Crippen molar-refractivity contribution in [2.75, 3.05) is 0 Å². The van der Waals surface area contributed by atoms with Gasteiger partial charge in [0.1, 0.15) is 10.7 Å². The van der Waals surface area contributed by atoms with Gasteiger partial charge in [0.15, 0.2) is 16.6 Å². The first-order chi connectivity index (χ1) is 7.65. The highest BCUT2D eigenvalue weighted by molar-refractivity contribution is 7.16. The highest BCUT2D eigenvalue weighted by Crippen LogP contribution is 2.25. The highest BCUT2D eigenvalue weighted by Gasteiger charge is 2.13. The van der Waals surface area contributed by atoms with E-state index < -0.39 is 0 Å². The minimum Gasteiger partial charge on any atom is -0.297 e. The first kappa shape index (κ1) is 11.3. The normalized spacial score (nSPS) is 10.7. The van der Waals surface area contributed by atoms with Gasteiger partial charge in [-0.05, 0) is 6.92 Å². The number of hydrogen-bond acceptors (Lipinski definition) is 4. The van der Waals surface area contributed by atoms with E-state index in [0.29, 0.717) is 10.0 Å². The molecule has 0 N–H and O–H groups in total. The fraction of sp³-hybridized carbons (Fsp3) is 0.300. The zero-order chi connectivity index (χ0) is 11.7. The Hall–Kier alpha value is -1.20. The lowest BCUT2D eigenvalue weighted by molar-refractivity contribution is 0.112. The molecule has 2 heterocycles. The molecule has 2 aromatic rings. The summed E-state index contributed by atoms with van der Waals surface area (Å²) in [7, 11) is 0. The van der Waals surface area contributed by atoms with Crippen molar-refractivity contribution < 1.29 is 4.79 Å². The third-order valence-corrected chi connectivity index (χ3v) is 3.51. The summed E-state index contributed by atoms with van der Waals surface area (Å²) in [5, 5.41) is 0.938. The number of carbonyl (C=O) groups is 1. The SMILES string of the molecule is CCc1nc(C)cn1-c1nc(Cl)c(C=O)s1. The summed E-state index contributed by atoms with van der Waals surface area (Å²) < 4.78 is 1.87. The van der Waals surface area contributed by atoms with Crippen LogP contribution >= 0.6 is 22.9 Å². The third-order valence-electron chi connectivity index (χ3n) is 2.13. The summed E-state index contributed by atoms with van der Waals surface area (Å²) in [5.74, 6) is 0.917. The Labute approximate surface area is 102 Å². The molecule has 84 valence electrons. The molecule has 0 saturated heterocycles. The Bertz CT molecular complexity index is 532. The van der Waals surface area contributed by atoms with Gasteiger partial charge >= 0.3 is 0 Å². The minimum atomic E-state index is 0.253. The van der Waals surface area contributed by atoms with Crippen molar-refractivity contribution in [2.24, 2.45) is 0 Å². The molecule has 0 aliphatic rings. The van der Waals surface area contributed by atoms with Crippen molar-refractivity contribution in [3.8, 4) is 5.13 Å². The van der Waals surface area contributed by atoms with E-state index in [9.17, 15) is 4.79 Å². The van der Waals surface area contributed by atoms with Gasteiger partial charge in [-0.1, -0.05) is 29.9 Å². The van der Waals surface area contributed by atoms with E-state index in [4.69, 9.17) is 11.6 Å². The molecule has 0 radical (unpaired) electrons. The summed E-state index contributed by atoms with van der Waals surface area (Å²) in [5.41, 5.74) is 0.927. The van der Waals surface area contributed by atoms with Crippen LogP contribution in [0.5, 0.6) is 0 Å². The lowest BCUT2D eigenvalue weighted by atomic mass is 10.4. The Balaban J connectivity index is 2.53. The number of rotatable bonds is 3. The fourth-order valence-electron chi connectivity index (χ4n) is 1.44. The van der Waals surface area contributed by atoms with Crippen LogP contribution in [0.2, 0.25) is 5.15 Å². The van der Waals surface area contributed by atoms with Crippen molar-refractivity contribution >= 4 is 29.2 Å². The van der Waals surface area contributed by atoms with Crippen LogP contribution < -0.4 is 0 Å². The van der Waals surface area contributed by atoms with Crippen LogP contribution in [0, 0.1) is 6.92 Å². The molecule has 16 heavy (non-hydrogen) atoms. The maximum atomic E-state index is 10.7. The average molecular weight is 256 g/mol. The molecular weight excluding hydrogens is 246 g/mol. The van der Waals surface area contributed by atoms with Gasteiger partial charge in [-0.25, -0.2) is 9.97 Å². The molecule has 0 unspecified atom stereocenters. The number of thiazole rings is 1. The summed E-state index contributed by atoms with van der Waals surface area (Å²) in [4.78, 5) is 19.7. The van der Waals surface area contributed by atoms with E-state index in [1.807, 2.05) is 24.6 Å². The molecule has 0 aliphatic heterocycles. The van der Waals surface area contributed by atoms with E-state index in [1.54, 1.807) is 0 Å². The van der Waals surface area contributed by atoms with E-state index in [-0.39, 0.29) is 5.15 Å². The molecule has 6 heteroatoms. The molecule has 0 amide bonds. The van der Waals surface area contributed by atoms with Gasteiger partial charge in [0.25, 0.3) is 0 Å². The van der Waals surface area contributed by atoms with Crippen LogP contribution in [-0.2, 0) is 6.42 Å². The van der Waals surface area contributed by atoms with Crippen LogP contribution in [-0.4, -0.2) is 20.8 Å². The predicted octanol–water partition coefficient (Wildman–Crippen LogP) is 2.67. The van der Waals surface area contributed by atoms with Crippen LogP contribution in [0.1, 0.15) is 28.1 Å². The van der Waals surface area contributed by atoms with Gasteiger partial charge in [0.05, 0.1) is 5.69 Å². The average Bonchev–Trinajstić information content (AvgIpc) is 2.81. The van der Waals surface area contributed by atoms with E-state index in [0.717, 1.165) is 24.2 Å². The Morgan fingerprint density at radius 2 is 2.31 bits per heavy atom. The zero-order valence-corrected chi connectivity index (χ0v) is 10.5. The second kappa shape index (κ2) is 4.35. The number of aldehydes is 1. The van der Waals surface area contributed by atoms with Crippen molar-refractivity contribution in [1.29, 1.82) is 0 Å². The molecule has 2 rings (SSSR count). The Morgan fingerprint density at radius 1 is 1.56 bits per heavy atom. The fourth-order valence-corrected chi connectivity index (χ4v) is 2.50. The predicted molar refractivity (Wildman–Crippen MR) is 63.7 cm³/mol. The molecule has 0 bridgehead atoms. The van der Waals surface area contributed by atoms with Gasteiger partial charge in [0, 0.05) is 12.6 Å². The van der Waals surface area contributed by atoms with Gasteiger partial charge in [0.2, 0.25) is 0 Å². The monoisotopic (exact) mass is 255 g/mol. The smallest absolute Gasteiger partial charge is 0.197 e. The number of nitrogens with zero attached hydrogens (tertiary/aromatic N) is 3. The number of halogens is 1. The highest BCUT2D eigenvalue weighted by atomic mass is 35.5. The van der Waals surface area contributed by atoms with Gasteiger partial charge in [-0.3, -0.25) is 9.36 Å². The number of aromatic nitrogens is 3. The lowest BCUT2D eigenvalue weighted by Crippen LogP contribution is -1.97. The van der Waals surface area contributed by atoms with Gasteiger partial charge in [-0.15, -0.1) is 0 Å². The second-order valence-corrected chi connectivity index (χ2v) is 4.66. The van der Waals surface area contributed by atoms with Crippen LogP contribution in [0.4, 0.5) is 0 Å². The molecule has 0 spiro atoms. The number of aryl methyl sites for hydroxylation is 2. The molecule has 0 fully saturated rings. The Kier molecular flexibility index (Phi) is 3.07. The molecule has 0 aromatic carbocycles. The second-order valence-electron chi connectivity index (χ2n) is 3.29.